The van der Waals surface area contributed by atoms with Crippen LogP contribution in [-0.4, -0.2) is 6.21 Å². The van der Waals surface area contributed by atoms with E-state index in [4.69, 9.17) is 0 Å². The van der Waals surface area contributed by atoms with E-state index in [1.807, 2.05) is 6.20 Å². The maximum Gasteiger partial charge on any atom is 0.0227 e. The molecule has 2 rings (SSSR count). The van der Waals surface area contributed by atoms with Gasteiger partial charge in [0.1, 0.15) is 0 Å². The van der Waals surface area contributed by atoms with Crippen molar-refractivity contribution < 1.29 is 0 Å². The Kier molecular flexibility index (Phi) is 2.52. The van der Waals surface area contributed by atoms with Crippen LogP contribution in [0.5, 0.6) is 0 Å². The molecule has 0 N–H and O–H groups in total. The minimum absolute atomic E-state index is 0.742. The Morgan fingerprint density at radius 3 is 2.85 bits per heavy atom. The van der Waals surface area contributed by atoms with Crippen molar-refractivity contribution in [1.29, 1.82) is 0 Å². The summed E-state index contributed by atoms with van der Waals surface area (Å²) in [4.78, 5) is 4.25. The van der Waals surface area contributed by atoms with E-state index < -0.39 is 0 Å². The molecule has 0 bridgehead atoms. The molecule has 1 nitrogen and oxygen atoms in total. The van der Waals surface area contributed by atoms with Crippen molar-refractivity contribution in [2.75, 3.05) is 0 Å². The number of allylic oxidation sites excluding steroid dienone is 1. The molecule has 3 atom stereocenters. The van der Waals surface area contributed by atoms with Gasteiger partial charge >= 0.3 is 0 Å². The Bertz CT molecular complexity index is 227. The molecule has 0 aromatic rings. The number of rotatable bonds is 1. The number of nitrogens with zero attached hydrogens (tertiary/aromatic N) is 1. The lowest BCUT2D eigenvalue weighted by Gasteiger charge is -2.35. The second-order valence-corrected chi connectivity index (χ2v) is 4.78. The Balaban J connectivity index is 2.00. The van der Waals surface area contributed by atoms with Crippen LogP contribution < -0.4 is 0 Å². The van der Waals surface area contributed by atoms with E-state index in [0.717, 1.165) is 23.7 Å². The average molecular weight is 177 g/mol. The Hall–Kier alpha value is -0.590. The standard InChI is InChI=1S/C12H19N/c1-9(2)11-4-3-10-5-6-13-8-12(10)7-11/h5-6,8-12H,3-4,7H2,1-2H3. The smallest absolute Gasteiger partial charge is 0.0227 e. The molecule has 1 fully saturated rings. The molecule has 0 saturated heterocycles. The SMILES string of the molecule is CC(C)C1CCC2C=CN=CC2C1. The van der Waals surface area contributed by atoms with Crippen molar-refractivity contribution in [3.05, 3.63) is 12.3 Å². The molecule has 72 valence electrons. The van der Waals surface area contributed by atoms with Crippen LogP contribution in [0.4, 0.5) is 0 Å². The van der Waals surface area contributed by atoms with E-state index in [9.17, 15) is 0 Å². The van der Waals surface area contributed by atoms with Gasteiger partial charge in [0.25, 0.3) is 0 Å². The monoisotopic (exact) mass is 177 g/mol. The molecule has 0 radical (unpaired) electrons. The van der Waals surface area contributed by atoms with Crippen molar-refractivity contribution in [1.82, 2.24) is 0 Å². The number of aliphatic imine (C=N–C) groups is 1. The summed E-state index contributed by atoms with van der Waals surface area (Å²) in [6, 6.07) is 0. The van der Waals surface area contributed by atoms with Crippen molar-refractivity contribution in [3.63, 3.8) is 0 Å². The zero-order valence-electron chi connectivity index (χ0n) is 8.61. The molecule has 0 spiro atoms. The zero-order chi connectivity index (χ0) is 9.26. The molecule has 1 heteroatoms. The third kappa shape index (κ3) is 1.84. The van der Waals surface area contributed by atoms with E-state index in [-0.39, 0.29) is 0 Å². The largest absolute Gasteiger partial charge is 0.269 e. The van der Waals surface area contributed by atoms with Crippen LogP contribution in [-0.2, 0) is 0 Å². The third-order valence-corrected chi connectivity index (χ3v) is 3.64. The van der Waals surface area contributed by atoms with Gasteiger partial charge in [0.15, 0.2) is 0 Å². The van der Waals surface area contributed by atoms with Gasteiger partial charge in [0.05, 0.1) is 0 Å². The van der Waals surface area contributed by atoms with Gasteiger partial charge in [-0.1, -0.05) is 19.9 Å². The first-order valence-corrected chi connectivity index (χ1v) is 5.47. The van der Waals surface area contributed by atoms with E-state index in [1.54, 1.807) is 0 Å². The summed E-state index contributed by atoms with van der Waals surface area (Å²) in [6.45, 7) is 4.70. The summed E-state index contributed by atoms with van der Waals surface area (Å²) in [5, 5.41) is 0. The third-order valence-electron chi connectivity index (χ3n) is 3.64. The van der Waals surface area contributed by atoms with Crippen LogP contribution in [0.25, 0.3) is 0 Å². The Morgan fingerprint density at radius 2 is 2.08 bits per heavy atom. The molecule has 1 aliphatic carbocycles. The van der Waals surface area contributed by atoms with Gasteiger partial charge in [-0.25, -0.2) is 0 Å². The predicted octanol–water partition coefficient (Wildman–Crippen LogP) is 3.27. The van der Waals surface area contributed by atoms with E-state index in [0.29, 0.717) is 0 Å². The number of fused-ring (bicyclic) bond motifs is 1. The summed E-state index contributed by atoms with van der Waals surface area (Å²) in [7, 11) is 0. The molecule has 1 heterocycles. The topological polar surface area (TPSA) is 12.4 Å². The lowest BCUT2D eigenvalue weighted by atomic mass is 9.70. The van der Waals surface area contributed by atoms with Crippen LogP contribution in [0.15, 0.2) is 17.3 Å². The highest BCUT2D eigenvalue weighted by atomic mass is 14.7. The summed E-state index contributed by atoms with van der Waals surface area (Å²) in [6.07, 6.45) is 10.6. The highest BCUT2D eigenvalue weighted by Crippen LogP contribution is 2.38. The molecular formula is C12H19N. The Morgan fingerprint density at radius 1 is 1.23 bits per heavy atom. The van der Waals surface area contributed by atoms with Crippen molar-refractivity contribution in [2.45, 2.75) is 33.1 Å². The van der Waals surface area contributed by atoms with E-state index >= 15 is 0 Å². The van der Waals surface area contributed by atoms with Crippen LogP contribution in [0.1, 0.15) is 33.1 Å². The summed E-state index contributed by atoms with van der Waals surface area (Å²) < 4.78 is 0. The molecule has 1 saturated carbocycles. The molecule has 2 aliphatic rings. The second-order valence-electron chi connectivity index (χ2n) is 4.78. The van der Waals surface area contributed by atoms with Gasteiger partial charge in [0.2, 0.25) is 0 Å². The van der Waals surface area contributed by atoms with Gasteiger partial charge in [-0.2, -0.15) is 0 Å². The molecule has 3 unspecified atom stereocenters. The lowest BCUT2D eigenvalue weighted by Crippen LogP contribution is -2.28. The zero-order valence-corrected chi connectivity index (χ0v) is 8.61. The number of hydrogen-bond donors (Lipinski definition) is 0. The quantitative estimate of drug-likeness (QED) is 0.583. The van der Waals surface area contributed by atoms with Gasteiger partial charge < -0.3 is 0 Å². The number of hydrogen-bond acceptors (Lipinski definition) is 1. The maximum absolute atomic E-state index is 4.25. The predicted molar refractivity (Wildman–Crippen MR) is 56.8 cm³/mol. The van der Waals surface area contributed by atoms with Gasteiger partial charge in [-0.3, -0.25) is 4.99 Å². The van der Waals surface area contributed by atoms with Gasteiger partial charge in [-0.15, -0.1) is 0 Å². The molecular weight excluding hydrogens is 158 g/mol. The first-order chi connectivity index (χ1) is 6.27. The minimum atomic E-state index is 0.742. The molecule has 1 aliphatic heterocycles. The van der Waals surface area contributed by atoms with Crippen LogP contribution in [0.3, 0.4) is 0 Å². The fourth-order valence-electron chi connectivity index (χ4n) is 2.60. The summed E-state index contributed by atoms with van der Waals surface area (Å²) in [5.41, 5.74) is 0. The highest BCUT2D eigenvalue weighted by Gasteiger charge is 2.30. The molecule has 13 heavy (non-hydrogen) atoms. The first-order valence-electron chi connectivity index (χ1n) is 5.47. The molecule has 0 aromatic carbocycles. The normalized spacial score (nSPS) is 37.9. The van der Waals surface area contributed by atoms with Crippen LogP contribution in [0.2, 0.25) is 0 Å². The van der Waals surface area contributed by atoms with Crippen molar-refractivity contribution in [3.8, 4) is 0 Å². The summed E-state index contributed by atoms with van der Waals surface area (Å²) in [5.74, 6) is 3.32. The second kappa shape index (κ2) is 3.65. The molecule has 0 amide bonds. The fourth-order valence-corrected chi connectivity index (χ4v) is 2.60. The highest BCUT2D eigenvalue weighted by molar-refractivity contribution is 5.64. The maximum atomic E-state index is 4.25. The van der Waals surface area contributed by atoms with Gasteiger partial charge in [0, 0.05) is 18.3 Å². The van der Waals surface area contributed by atoms with Crippen molar-refractivity contribution >= 4 is 6.21 Å². The summed E-state index contributed by atoms with van der Waals surface area (Å²) >= 11 is 0. The fraction of sp³-hybridized carbons (Fsp3) is 0.750. The van der Waals surface area contributed by atoms with Crippen LogP contribution in [0, 0.1) is 23.7 Å². The minimum Gasteiger partial charge on any atom is -0.269 e. The lowest BCUT2D eigenvalue weighted by molar-refractivity contribution is 0.215. The van der Waals surface area contributed by atoms with Gasteiger partial charge in [-0.05, 0) is 37.0 Å². The Labute approximate surface area is 80.9 Å². The van der Waals surface area contributed by atoms with E-state index in [1.165, 1.54) is 19.3 Å². The van der Waals surface area contributed by atoms with E-state index in [2.05, 4.69) is 31.1 Å². The van der Waals surface area contributed by atoms with Crippen LogP contribution >= 0.6 is 0 Å². The molecule has 0 aromatic heterocycles. The first kappa shape index (κ1) is 8.98. The average Bonchev–Trinajstić information content (AvgIpc) is 2.17. The van der Waals surface area contributed by atoms with Crippen molar-refractivity contribution in [2.24, 2.45) is 28.7 Å².